The van der Waals surface area contributed by atoms with E-state index in [1.165, 1.54) is 6.07 Å². The summed E-state index contributed by atoms with van der Waals surface area (Å²) in [4.78, 5) is 0.119. The molecule has 7 heteroatoms. The molecule has 0 saturated heterocycles. The summed E-state index contributed by atoms with van der Waals surface area (Å²) < 4.78 is 23.4. The first kappa shape index (κ1) is 16.5. The lowest BCUT2D eigenvalue weighted by Crippen LogP contribution is -2.15. The molecule has 0 bridgehead atoms. The predicted octanol–water partition coefficient (Wildman–Crippen LogP) is 3.04. The van der Waals surface area contributed by atoms with Crippen LogP contribution in [0, 0.1) is 0 Å². The number of nitrogens with one attached hydrogen (secondary N) is 1. The molecule has 0 aliphatic rings. The highest BCUT2D eigenvalue weighted by Crippen LogP contribution is 2.23. The highest BCUT2D eigenvalue weighted by molar-refractivity contribution is 9.10. The van der Waals surface area contributed by atoms with Crippen molar-refractivity contribution in [3.05, 3.63) is 63.1 Å². The highest BCUT2D eigenvalue weighted by Gasteiger charge is 2.07. The quantitative estimate of drug-likeness (QED) is 0.825. The van der Waals surface area contributed by atoms with Crippen molar-refractivity contribution in [2.75, 3.05) is 0 Å². The molecule has 0 atom stereocenters. The molecule has 0 aromatic heterocycles. The Bertz CT molecular complexity index is 750. The predicted molar refractivity (Wildman–Crippen MR) is 87.5 cm³/mol. The van der Waals surface area contributed by atoms with Crippen molar-refractivity contribution in [3.63, 3.8) is 0 Å². The van der Waals surface area contributed by atoms with Gasteiger partial charge in [-0.25, -0.2) is 13.6 Å². The van der Waals surface area contributed by atoms with Crippen molar-refractivity contribution in [1.82, 2.24) is 5.32 Å². The Hall–Kier alpha value is -0.920. The average molecular weight is 390 g/mol. The Morgan fingerprint density at radius 3 is 2.38 bits per heavy atom. The number of hydrogen-bond acceptors (Lipinski definition) is 3. The SMILES string of the molecule is NS(=O)(=O)c1cccc(CNCc2ccc(Br)c(Cl)c2)c1. The van der Waals surface area contributed by atoms with Gasteiger partial charge in [0.05, 0.1) is 9.92 Å². The van der Waals surface area contributed by atoms with Crippen LogP contribution < -0.4 is 10.5 Å². The molecule has 0 radical (unpaired) electrons. The topological polar surface area (TPSA) is 72.2 Å². The second kappa shape index (κ2) is 6.89. The first-order chi connectivity index (χ1) is 9.86. The summed E-state index contributed by atoms with van der Waals surface area (Å²) in [7, 11) is -3.66. The lowest BCUT2D eigenvalue weighted by atomic mass is 10.2. The molecule has 0 heterocycles. The molecule has 0 spiro atoms. The van der Waals surface area contributed by atoms with Crippen LogP contribution in [-0.4, -0.2) is 8.42 Å². The molecule has 2 aromatic carbocycles. The van der Waals surface area contributed by atoms with E-state index in [1.54, 1.807) is 12.1 Å². The Balaban J connectivity index is 1.99. The minimum absolute atomic E-state index is 0.119. The van der Waals surface area contributed by atoms with Crippen LogP contribution >= 0.6 is 27.5 Å². The van der Waals surface area contributed by atoms with Crippen LogP contribution in [0.25, 0.3) is 0 Å². The Morgan fingerprint density at radius 2 is 1.76 bits per heavy atom. The average Bonchev–Trinajstić information content (AvgIpc) is 2.42. The van der Waals surface area contributed by atoms with Crippen LogP contribution in [0.4, 0.5) is 0 Å². The third-order valence-corrected chi connectivity index (χ3v) is 5.01. The smallest absolute Gasteiger partial charge is 0.238 e. The second-order valence-electron chi connectivity index (χ2n) is 4.54. The maximum atomic E-state index is 11.3. The van der Waals surface area contributed by atoms with E-state index in [1.807, 2.05) is 24.3 Å². The van der Waals surface area contributed by atoms with Crippen molar-refractivity contribution in [2.45, 2.75) is 18.0 Å². The highest BCUT2D eigenvalue weighted by atomic mass is 79.9. The number of primary sulfonamides is 1. The van der Waals surface area contributed by atoms with Gasteiger partial charge in [-0.15, -0.1) is 0 Å². The zero-order chi connectivity index (χ0) is 15.5. The van der Waals surface area contributed by atoms with Crippen molar-refractivity contribution < 1.29 is 8.42 Å². The third kappa shape index (κ3) is 4.79. The van der Waals surface area contributed by atoms with Gasteiger partial charge in [-0.1, -0.05) is 29.8 Å². The zero-order valence-corrected chi connectivity index (χ0v) is 14.2. The normalized spacial score (nSPS) is 11.6. The molecule has 0 saturated carbocycles. The minimum atomic E-state index is -3.66. The maximum absolute atomic E-state index is 11.3. The largest absolute Gasteiger partial charge is 0.309 e. The molecule has 3 N–H and O–H groups in total. The van der Waals surface area contributed by atoms with Gasteiger partial charge in [0, 0.05) is 17.6 Å². The molecule has 0 aliphatic carbocycles. The van der Waals surface area contributed by atoms with E-state index in [-0.39, 0.29) is 4.90 Å². The first-order valence-corrected chi connectivity index (χ1v) is 8.84. The lowest BCUT2D eigenvalue weighted by molar-refractivity contribution is 0.597. The van der Waals surface area contributed by atoms with Gasteiger partial charge in [0.1, 0.15) is 0 Å². The van der Waals surface area contributed by atoms with E-state index in [0.717, 1.165) is 15.6 Å². The molecular formula is C14H14BrClN2O2S. The van der Waals surface area contributed by atoms with Gasteiger partial charge in [0.25, 0.3) is 0 Å². The van der Waals surface area contributed by atoms with Gasteiger partial charge >= 0.3 is 0 Å². The lowest BCUT2D eigenvalue weighted by Gasteiger charge is -2.07. The van der Waals surface area contributed by atoms with E-state index < -0.39 is 10.0 Å². The Labute approximate surface area is 137 Å². The zero-order valence-electron chi connectivity index (χ0n) is 11.0. The minimum Gasteiger partial charge on any atom is -0.309 e. The van der Waals surface area contributed by atoms with Crippen molar-refractivity contribution in [1.29, 1.82) is 0 Å². The molecule has 2 aromatic rings. The summed E-state index contributed by atoms with van der Waals surface area (Å²) in [5.41, 5.74) is 1.90. The van der Waals surface area contributed by atoms with Gasteiger partial charge in [-0.05, 0) is 51.3 Å². The molecule has 0 fully saturated rings. The fraction of sp³-hybridized carbons (Fsp3) is 0.143. The van der Waals surface area contributed by atoms with Gasteiger partial charge in [-0.2, -0.15) is 0 Å². The van der Waals surface area contributed by atoms with Crippen LogP contribution in [0.2, 0.25) is 5.02 Å². The van der Waals surface area contributed by atoms with Crippen molar-refractivity contribution >= 4 is 37.6 Å². The van der Waals surface area contributed by atoms with Gasteiger partial charge in [-0.3, -0.25) is 0 Å². The number of benzene rings is 2. The number of sulfonamides is 1. The Kier molecular flexibility index (Phi) is 5.40. The van der Waals surface area contributed by atoms with Gasteiger partial charge in [0.2, 0.25) is 10.0 Å². The van der Waals surface area contributed by atoms with Gasteiger partial charge in [0.15, 0.2) is 0 Å². The fourth-order valence-corrected chi connectivity index (χ4v) is 2.87. The number of rotatable bonds is 5. The van der Waals surface area contributed by atoms with E-state index in [2.05, 4.69) is 21.2 Å². The van der Waals surface area contributed by atoms with Gasteiger partial charge < -0.3 is 5.32 Å². The van der Waals surface area contributed by atoms with E-state index in [9.17, 15) is 8.42 Å². The molecule has 0 aliphatic heterocycles. The Morgan fingerprint density at radius 1 is 1.10 bits per heavy atom. The summed E-state index contributed by atoms with van der Waals surface area (Å²) in [5.74, 6) is 0. The van der Waals surface area contributed by atoms with E-state index in [0.29, 0.717) is 18.1 Å². The molecule has 0 unspecified atom stereocenters. The summed E-state index contributed by atoms with van der Waals surface area (Å²) in [6.45, 7) is 1.17. The molecular weight excluding hydrogens is 376 g/mol. The monoisotopic (exact) mass is 388 g/mol. The summed E-state index contributed by atoms with van der Waals surface area (Å²) in [5, 5.41) is 9.00. The number of nitrogens with two attached hydrogens (primary N) is 1. The van der Waals surface area contributed by atoms with Crippen LogP contribution in [0.15, 0.2) is 51.8 Å². The van der Waals surface area contributed by atoms with E-state index in [4.69, 9.17) is 16.7 Å². The van der Waals surface area contributed by atoms with Crippen LogP contribution in [0.5, 0.6) is 0 Å². The summed E-state index contributed by atoms with van der Waals surface area (Å²) in [6, 6.07) is 12.3. The van der Waals surface area contributed by atoms with Crippen molar-refractivity contribution in [2.24, 2.45) is 5.14 Å². The number of hydrogen-bond donors (Lipinski definition) is 2. The fourth-order valence-electron chi connectivity index (χ4n) is 1.83. The number of halogens is 2. The summed E-state index contributed by atoms with van der Waals surface area (Å²) in [6.07, 6.45) is 0. The van der Waals surface area contributed by atoms with Crippen LogP contribution in [-0.2, 0) is 23.1 Å². The first-order valence-electron chi connectivity index (χ1n) is 6.12. The molecule has 4 nitrogen and oxygen atoms in total. The van der Waals surface area contributed by atoms with Crippen molar-refractivity contribution in [3.8, 4) is 0 Å². The third-order valence-electron chi connectivity index (χ3n) is 2.87. The van der Waals surface area contributed by atoms with Crippen LogP contribution in [0.3, 0.4) is 0 Å². The molecule has 112 valence electrons. The van der Waals surface area contributed by atoms with E-state index >= 15 is 0 Å². The van der Waals surface area contributed by atoms with Crippen LogP contribution in [0.1, 0.15) is 11.1 Å². The molecule has 2 rings (SSSR count). The summed E-state index contributed by atoms with van der Waals surface area (Å²) >= 11 is 9.37. The standard InChI is InChI=1S/C14H14BrClN2O2S/c15-13-5-4-11(7-14(13)16)9-18-8-10-2-1-3-12(6-10)21(17,19)20/h1-7,18H,8-9H2,(H2,17,19,20). The molecule has 21 heavy (non-hydrogen) atoms. The second-order valence-corrected chi connectivity index (χ2v) is 7.37. The maximum Gasteiger partial charge on any atom is 0.238 e. The molecule has 0 amide bonds.